The molecule has 36 heavy (non-hydrogen) atoms. The summed E-state index contributed by atoms with van der Waals surface area (Å²) in [4.78, 5) is 26.9. The zero-order chi connectivity index (χ0) is 25.2. The number of hydrogen-bond donors (Lipinski definition) is 2. The summed E-state index contributed by atoms with van der Waals surface area (Å²) in [6.45, 7) is 7.69. The van der Waals surface area contributed by atoms with Crippen LogP contribution in [0.5, 0.6) is 0 Å². The van der Waals surface area contributed by atoms with E-state index in [1.165, 1.54) is 41.1 Å². The van der Waals surface area contributed by atoms with Crippen molar-refractivity contribution >= 4 is 22.7 Å². The minimum absolute atomic E-state index is 0.160. The van der Waals surface area contributed by atoms with E-state index in [2.05, 4.69) is 37.7 Å². The first-order valence-electron chi connectivity index (χ1n) is 12.4. The van der Waals surface area contributed by atoms with Crippen molar-refractivity contribution in [3.63, 3.8) is 0 Å². The molecule has 4 heterocycles. The average molecular weight is 492 g/mol. The molecule has 6 rings (SSSR count). The molecule has 1 saturated carbocycles. The van der Waals surface area contributed by atoms with E-state index in [0.29, 0.717) is 22.7 Å². The third-order valence-corrected chi connectivity index (χ3v) is 7.30. The topological polar surface area (TPSA) is 103 Å². The SMILES string of the molecule is CC(C)n1c(=O)c2cnc(Nc3ccc4c(c3)CCNC43CC3)nc2n1-c1nc(C(C)(C)CF)co1. The standard InChI is InChI=1S/C26H30FN7O2/c1-15(2)33-22(35)18-12-28-23(30-17-5-6-19-16(11-17)7-10-29-26(19)8-9-26)32-21(18)34(33)24-31-20(13-36-24)25(3,4)14-27/h5-6,11-13,15,29H,7-10,14H2,1-4H3,(H,28,30,32). The maximum absolute atomic E-state index is 13.6. The Labute approximate surface area is 207 Å². The summed E-state index contributed by atoms with van der Waals surface area (Å²) < 4.78 is 22.4. The third-order valence-electron chi connectivity index (χ3n) is 7.30. The highest BCUT2D eigenvalue weighted by Crippen LogP contribution is 2.48. The Morgan fingerprint density at radius 3 is 2.81 bits per heavy atom. The lowest BCUT2D eigenvalue weighted by Crippen LogP contribution is -2.36. The Balaban J connectivity index is 1.42. The first-order chi connectivity index (χ1) is 17.2. The third kappa shape index (κ3) is 3.54. The fraction of sp³-hybridized carbons (Fsp3) is 0.462. The molecular formula is C26H30FN7O2. The predicted molar refractivity (Wildman–Crippen MR) is 135 cm³/mol. The van der Waals surface area contributed by atoms with Crippen LogP contribution in [0.15, 0.2) is 39.9 Å². The molecule has 2 N–H and O–H groups in total. The van der Waals surface area contributed by atoms with Crippen molar-refractivity contribution in [3.05, 3.63) is 57.8 Å². The molecule has 1 spiro atoms. The second-order valence-electron chi connectivity index (χ2n) is 10.8. The maximum atomic E-state index is 13.6. The average Bonchev–Trinajstić information content (AvgIpc) is 3.32. The Kier molecular flexibility index (Phi) is 5.08. The number of fused-ring (bicyclic) bond motifs is 3. The summed E-state index contributed by atoms with van der Waals surface area (Å²) in [5.74, 6) is 0.364. The molecular weight excluding hydrogens is 461 g/mol. The van der Waals surface area contributed by atoms with Crippen molar-refractivity contribution in [2.24, 2.45) is 0 Å². The van der Waals surface area contributed by atoms with Gasteiger partial charge in [-0.3, -0.25) is 9.18 Å². The van der Waals surface area contributed by atoms with Crippen molar-refractivity contribution in [1.29, 1.82) is 0 Å². The zero-order valence-electron chi connectivity index (χ0n) is 20.9. The van der Waals surface area contributed by atoms with Gasteiger partial charge in [-0.15, -0.1) is 0 Å². The van der Waals surface area contributed by atoms with E-state index in [4.69, 9.17) is 4.42 Å². The number of nitrogens with one attached hydrogen (secondary N) is 2. The van der Waals surface area contributed by atoms with Crippen LogP contribution in [0.4, 0.5) is 16.0 Å². The summed E-state index contributed by atoms with van der Waals surface area (Å²) in [6, 6.07) is 6.35. The van der Waals surface area contributed by atoms with Crippen molar-refractivity contribution in [3.8, 4) is 6.01 Å². The van der Waals surface area contributed by atoms with Crippen LogP contribution in [0.2, 0.25) is 0 Å². The number of halogens is 1. The molecule has 188 valence electrons. The van der Waals surface area contributed by atoms with Gasteiger partial charge in [0.2, 0.25) is 5.95 Å². The number of anilines is 2. The van der Waals surface area contributed by atoms with E-state index in [1.807, 2.05) is 19.9 Å². The highest BCUT2D eigenvalue weighted by molar-refractivity contribution is 5.76. The Hall–Kier alpha value is -3.53. The quantitative estimate of drug-likeness (QED) is 0.415. The molecule has 9 nitrogen and oxygen atoms in total. The van der Waals surface area contributed by atoms with Gasteiger partial charge in [0.25, 0.3) is 5.56 Å². The monoisotopic (exact) mass is 491 g/mol. The maximum Gasteiger partial charge on any atom is 0.323 e. The van der Waals surface area contributed by atoms with Gasteiger partial charge < -0.3 is 15.1 Å². The van der Waals surface area contributed by atoms with Gasteiger partial charge in [0.15, 0.2) is 5.65 Å². The summed E-state index contributed by atoms with van der Waals surface area (Å²) in [5, 5.41) is 7.31. The Morgan fingerprint density at radius 2 is 2.08 bits per heavy atom. The van der Waals surface area contributed by atoms with Gasteiger partial charge in [0, 0.05) is 35.4 Å². The molecule has 10 heteroatoms. The molecule has 4 aromatic rings. The minimum Gasteiger partial charge on any atom is -0.430 e. The van der Waals surface area contributed by atoms with Gasteiger partial charge in [-0.25, -0.2) is 9.67 Å². The summed E-state index contributed by atoms with van der Waals surface area (Å²) in [5.41, 5.74) is 3.57. The van der Waals surface area contributed by atoms with Gasteiger partial charge in [0.1, 0.15) is 18.3 Å². The number of hydrogen-bond acceptors (Lipinski definition) is 7. The predicted octanol–water partition coefficient (Wildman–Crippen LogP) is 4.28. The van der Waals surface area contributed by atoms with Gasteiger partial charge in [-0.05, 0) is 56.4 Å². The Bertz CT molecular complexity index is 1530. The number of rotatable bonds is 6. The van der Waals surface area contributed by atoms with E-state index in [0.717, 1.165) is 18.7 Å². The van der Waals surface area contributed by atoms with Crippen LogP contribution in [0.25, 0.3) is 17.0 Å². The second kappa shape index (κ2) is 7.99. The van der Waals surface area contributed by atoms with Crippen molar-refractivity contribution in [2.45, 2.75) is 64.0 Å². The number of nitrogens with zero attached hydrogens (tertiary/aromatic N) is 5. The second-order valence-corrected chi connectivity index (χ2v) is 10.8. The van der Waals surface area contributed by atoms with E-state index >= 15 is 0 Å². The van der Waals surface area contributed by atoms with Crippen LogP contribution in [-0.2, 0) is 17.4 Å². The smallest absolute Gasteiger partial charge is 0.323 e. The number of aromatic nitrogens is 5. The first-order valence-corrected chi connectivity index (χ1v) is 12.4. The molecule has 1 fully saturated rings. The van der Waals surface area contributed by atoms with E-state index in [9.17, 15) is 9.18 Å². The molecule has 3 aromatic heterocycles. The van der Waals surface area contributed by atoms with Crippen LogP contribution < -0.4 is 16.2 Å². The lowest BCUT2D eigenvalue weighted by molar-refractivity contribution is 0.343. The van der Waals surface area contributed by atoms with Gasteiger partial charge in [-0.1, -0.05) is 19.9 Å². The van der Waals surface area contributed by atoms with Gasteiger partial charge in [-0.2, -0.15) is 14.6 Å². The van der Waals surface area contributed by atoms with Crippen LogP contribution in [-0.4, -0.2) is 37.5 Å². The molecule has 0 unspecified atom stereocenters. The van der Waals surface area contributed by atoms with Crippen LogP contribution in [0, 0.1) is 0 Å². The van der Waals surface area contributed by atoms with Crippen molar-refractivity contribution < 1.29 is 8.81 Å². The molecule has 1 aliphatic carbocycles. The number of benzene rings is 1. The van der Waals surface area contributed by atoms with Gasteiger partial charge in [0.05, 0.1) is 5.69 Å². The summed E-state index contributed by atoms with van der Waals surface area (Å²) in [7, 11) is 0. The fourth-order valence-electron chi connectivity index (χ4n) is 5.03. The molecule has 0 bridgehead atoms. The van der Waals surface area contributed by atoms with Crippen LogP contribution in [0.1, 0.15) is 63.4 Å². The Morgan fingerprint density at radius 1 is 1.28 bits per heavy atom. The summed E-state index contributed by atoms with van der Waals surface area (Å²) in [6.07, 6.45) is 6.30. The molecule has 1 aromatic carbocycles. The van der Waals surface area contributed by atoms with Crippen LogP contribution >= 0.6 is 0 Å². The molecule has 0 saturated heterocycles. The molecule has 0 amide bonds. The van der Waals surface area contributed by atoms with E-state index in [1.54, 1.807) is 18.5 Å². The number of alkyl halides is 1. The number of oxazole rings is 1. The fourth-order valence-corrected chi connectivity index (χ4v) is 5.03. The van der Waals surface area contributed by atoms with Crippen molar-refractivity contribution in [2.75, 3.05) is 18.5 Å². The molecule has 0 atom stereocenters. The largest absolute Gasteiger partial charge is 0.430 e. The molecule has 1 aliphatic heterocycles. The van der Waals surface area contributed by atoms with E-state index in [-0.39, 0.29) is 23.2 Å². The van der Waals surface area contributed by atoms with E-state index < -0.39 is 12.1 Å². The molecule has 2 aliphatic rings. The van der Waals surface area contributed by atoms with Crippen molar-refractivity contribution in [1.82, 2.24) is 29.6 Å². The molecule has 0 radical (unpaired) electrons. The zero-order valence-corrected chi connectivity index (χ0v) is 20.9. The highest BCUT2D eigenvalue weighted by atomic mass is 19.1. The lowest BCUT2D eigenvalue weighted by atomic mass is 9.92. The lowest BCUT2D eigenvalue weighted by Gasteiger charge is -2.27. The summed E-state index contributed by atoms with van der Waals surface area (Å²) >= 11 is 0. The van der Waals surface area contributed by atoms with Crippen LogP contribution in [0.3, 0.4) is 0 Å². The highest BCUT2D eigenvalue weighted by Gasteiger charge is 2.46. The van der Waals surface area contributed by atoms with Gasteiger partial charge >= 0.3 is 6.01 Å². The normalized spacial score (nSPS) is 16.6. The first kappa shape index (κ1) is 22.9. The minimum atomic E-state index is -0.809.